The Hall–Kier alpha value is -16.5. The second-order valence-corrected chi connectivity index (χ2v) is 27.3. The molecule has 3 aliphatic heterocycles. The number of aromatic nitrogens is 29. The van der Waals surface area contributed by atoms with Crippen molar-refractivity contribution in [2.75, 3.05) is 6.67 Å². The second-order valence-electron chi connectivity index (χ2n) is 26.9. The summed E-state index contributed by atoms with van der Waals surface area (Å²) < 4.78 is 15.8. The number of nitrogens with one attached hydrogen (secondary N) is 4. The lowest BCUT2D eigenvalue weighted by molar-refractivity contribution is -0.140. The number of tetrazole rings is 2. The molecule has 0 amide bonds. The van der Waals surface area contributed by atoms with E-state index in [0.29, 0.717) is 125 Å². The number of oxime groups is 2. The van der Waals surface area contributed by atoms with Gasteiger partial charge in [-0.15, -0.1) is 85.4 Å². The van der Waals surface area contributed by atoms with Gasteiger partial charge in [0.25, 0.3) is 0 Å². The monoisotopic (exact) mass is 1670 g/mol. The van der Waals surface area contributed by atoms with Crippen LogP contribution in [0.2, 0.25) is 0 Å². The number of amidine groups is 1. The number of rotatable bonds is 21. The van der Waals surface area contributed by atoms with Gasteiger partial charge in [0.05, 0.1) is 68.5 Å². The van der Waals surface area contributed by atoms with Gasteiger partial charge in [-0.3, -0.25) is 5.10 Å². The largest absolute Gasteiger partial charge is 0.411 e. The van der Waals surface area contributed by atoms with Crippen molar-refractivity contribution >= 4 is 112 Å². The smallest absolute Gasteiger partial charge is 0.340 e. The number of H-pyrrole nitrogens is 4. The van der Waals surface area contributed by atoms with Gasteiger partial charge in [0.1, 0.15) is 86.6 Å². The molecule has 7 aromatic carbocycles. The van der Waals surface area contributed by atoms with E-state index >= 15 is 0 Å². The zero-order chi connectivity index (χ0) is 84.3. The predicted molar refractivity (Wildman–Crippen MR) is 426 cm³/mol. The van der Waals surface area contributed by atoms with Gasteiger partial charge in [0.15, 0.2) is 24.2 Å². The highest BCUT2D eigenvalue weighted by Crippen LogP contribution is 2.24. The van der Waals surface area contributed by atoms with Crippen LogP contribution in [0.4, 0.5) is 0 Å². The van der Waals surface area contributed by atoms with Crippen molar-refractivity contribution in [3.05, 3.63) is 244 Å². The van der Waals surface area contributed by atoms with E-state index < -0.39 is 0 Å². The number of aromatic amines is 4. The summed E-state index contributed by atoms with van der Waals surface area (Å²) in [5.74, 6) is 3.74. The molecule has 122 heavy (non-hydrogen) atoms. The molecule has 18 aromatic rings. The highest BCUT2D eigenvalue weighted by Gasteiger charge is 2.19. The number of fused-ring (bicyclic) bond motifs is 7. The van der Waals surface area contributed by atoms with Crippen molar-refractivity contribution in [2.24, 2.45) is 25.5 Å². The molecule has 0 aliphatic carbocycles. The molecule has 3 aliphatic rings. The Labute approximate surface area is 687 Å². The lowest BCUT2D eigenvalue weighted by Crippen LogP contribution is -2.00. The van der Waals surface area contributed by atoms with Crippen molar-refractivity contribution in [3.63, 3.8) is 0 Å². The number of azo groups is 1. The Balaban J connectivity index is 0.000000111. The van der Waals surface area contributed by atoms with Crippen LogP contribution in [0.25, 0.3) is 76.6 Å². The molecular formula is C74H70N34O13S. The standard InChI is InChI=1S/C12H11N3O3.C12H11N3O2.C11H11N5O2.C11H10N4O2S.C10H9N5O.C9H9N7O2.C9H9N7O/c16-12-6-10(14-18-12)3-1-8-2-4-11-9(5-8)7-13-15(11)17;1-8-4-11(14-17-8)6-9-2-3-12-10(5-9)7-13-15(12)16;17-16-10-2-1-8(3-9(10)4-14-16)5-18-6-11-12-7-13-15-11;16-15-9-3-1-7(5-8(9)6-12-15)2-4-10-13-11(18)17-14-10;16-15-9-2-1-7(3-8(9)5-13-15)4-10-11-6-12-14-10;17-16-8-2-1-6(3-7(8)10-15-16)4-18-5-9-11-13-14-12-9;17-16-8-3-1-6(5-7(8)10-15-16)2-4-9-11-13-14-12-9/h2,4-5,7,17H,1,3,6H2;2-3,5,7,16H,1,4,6H2;1-4,7,17H,5-6H2,(H,12,13,15);1,3,5-6,16H,2,4H2,(H,13,14,18);1-3,5,16H,4,6H2;1-3,17H,4-5H2,(H,11,12,13,14);1,3,5,17H,2,4H2,(H,11,12,13,14). The van der Waals surface area contributed by atoms with E-state index in [1.165, 1.54) is 6.33 Å². The van der Waals surface area contributed by atoms with E-state index in [1.807, 2.05) is 103 Å². The Morgan fingerprint density at radius 2 is 0.926 bits per heavy atom. The summed E-state index contributed by atoms with van der Waals surface area (Å²) in [7, 11) is 0. The number of benzene rings is 7. The van der Waals surface area contributed by atoms with E-state index in [4.69, 9.17) is 31.1 Å². The van der Waals surface area contributed by atoms with Crippen LogP contribution in [-0.2, 0) is 95.3 Å². The van der Waals surface area contributed by atoms with E-state index in [1.54, 1.807) is 55.2 Å². The van der Waals surface area contributed by atoms with Crippen molar-refractivity contribution in [1.82, 2.24) is 147 Å². The molecule has 0 saturated carbocycles. The number of carbonyl (C=O) groups is 1. The average molecular weight is 1680 g/mol. The number of aryl methyl sites for hydroxylation is 5. The first kappa shape index (κ1) is 80.6. The lowest BCUT2D eigenvalue weighted by atomic mass is 10.0. The summed E-state index contributed by atoms with van der Waals surface area (Å²) in [6.07, 6.45) is 16.4. The van der Waals surface area contributed by atoms with Crippen LogP contribution in [0, 0.1) is 4.84 Å². The van der Waals surface area contributed by atoms with Crippen LogP contribution in [0.5, 0.6) is 0 Å². The third-order valence-electron chi connectivity index (χ3n) is 18.4. The van der Waals surface area contributed by atoms with Gasteiger partial charge in [-0.25, -0.2) is 19.9 Å². The number of hydrogen-bond donors (Lipinski definition) is 11. The third kappa shape index (κ3) is 21.0. The Morgan fingerprint density at radius 3 is 1.41 bits per heavy atom. The maximum absolute atomic E-state index is 10.9. The molecule has 0 radical (unpaired) electrons. The molecule has 0 saturated heterocycles. The SMILES string of the molecule is C=C1CC(Cc2ccc3c(cnn3O)c2)=NO1.O=C1CC(CCc2ccc3c(cnn3O)c2)=NO1.On1ncc2cc(CC3=NCN=N3)ccc21.On1ncc2cc(CCc3nc(=S)o[nH]3)ccc21.On1ncc2cc(COCc3ncn[nH]3)ccc21.On1nnc2cc(CCc3nn[nH]n3)ccc21.On1nnc2cc(COCc3nn[nH]n3)ccc21. The average Bonchev–Trinajstić information content (AvgIpc) is 1.69. The Morgan fingerprint density at radius 1 is 0.459 bits per heavy atom. The molecule has 0 spiro atoms. The van der Waals surface area contributed by atoms with E-state index in [2.05, 4.69) is 150 Å². The highest BCUT2D eigenvalue weighted by molar-refractivity contribution is 7.71. The summed E-state index contributed by atoms with van der Waals surface area (Å²) >= 11 is 4.78. The second kappa shape index (κ2) is 38.0. The first-order chi connectivity index (χ1) is 59.5. The lowest BCUT2D eigenvalue weighted by Gasteiger charge is -2.02. The highest BCUT2D eigenvalue weighted by atomic mass is 32.1. The van der Waals surface area contributed by atoms with Crippen LogP contribution in [0.15, 0.2) is 207 Å². The molecular weight excluding hydrogens is 1610 g/mol. The molecule has 11 N–H and O–H groups in total. The summed E-state index contributed by atoms with van der Waals surface area (Å²) in [4.78, 5) is 38.5. The Kier molecular flexibility index (Phi) is 25.1. The van der Waals surface area contributed by atoms with Crippen molar-refractivity contribution < 1.29 is 64.9 Å². The molecule has 14 heterocycles. The van der Waals surface area contributed by atoms with E-state index in [9.17, 15) is 41.2 Å². The summed E-state index contributed by atoms with van der Waals surface area (Å²) in [6, 6.07) is 39.5. The molecule has 0 bridgehead atoms. The fraction of sp³-hybridized carbons (Fsp3) is 0.203. The number of allylic oxidation sites excluding steroid dienone is 1. The van der Waals surface area contributed by atoms with Gasteiger partial charge in [-0.1, -0.05) is 79.5 Å². The molecule has 48 heteroatoms. The zero-order valence-corrected chi connectivity index (χ0v) is 64.6. The summed E-state index contributed by atoms with van der Waals surface area (Å²) in [6.45, 7) is 5.68. The van der Waals surface area contributed by atoms with E-state index in [0.717, 1.165) is 155 Å². The molecule has 620 valence electrons. The van der Waals surface area contributed by atoms with Gasteiger partial charge in [-0.05, 0) is 172 Å². The zero-order valence-electron chi connectivity index (χ0n) is 63.8. The van der Waals surface area contributed by atoms with Gasteiger partial charge in [0, 0.05) is 52.6 Å². The van der Waals surface area contributed by atoms with Crippen molar-refractivity contribution in [1.29, 1.82) is 0 Å². The number of nitrogens with zero attached hydrogens (tertiary/aromatic N) is 30. The first-order valence-corrected chi connectivity index (χ1v) is 37.3. The van der Waals surface area contributed by atoms with E-state index in [-0.39, 0.29) is 23.8 Å². The van der Waals surface area contributed by atoms with Gasteiger partial charge in [0.2, 0.25) is 0 Å². The molecule has 0 atom stereocenters. The summed E-state index contributed by atoms with van der Waals surface area (Å²) in [5.41, 5.74) is 15.1. The van der Waals surface area contributed by atoms with Crippen LogP contribution in [0.1, 0.15) is 81.5 Å². The summed E-state index contributed by atoms with van der Waals surface area (Å²) in [5, 5.41) is 155. The van der Waals surface area contributed by atoms with Crippen LogP contribution in [-0.4, -0.2) is 213 Å². The predicted octanol–water partition coefficient (Wildman–Crippen LogP) is 8.33. The molecule has 0 unspecified atom stereocenters. The minimum Gasteiger partial charge on any atom is -0.411 e. The Bertz CT molecular complexity index is 6700. The number of ether oxygens (including phenoxy) is 2. The third-order valence-corrected chi connectivity index (χ3v) is 18.6. The molecule has 47 nitrogen and oxygen atoms in total. The minimum atomic E-state index is -0.290. The molecule has 21 rings (SSSR count). The number of aliphatic imine (C=N–C) groups is 1. The van der Waals surface area contributed by atoms with Crippen LogP contribution < -0.4 is 0 Å². The maximum Gasteiger partial charge on any atom is 0.340 e. The molecule has 11 aromatic heterocycles. The first-order valence-electron chi connectivity index (χ1n) is 36.9. The van der Waals surface area contributed by atoms with Crippen molar-refractivity contribution in [3.8, 4) is 0 Å². The number of hydrogen-bond acceptors (Lipinski definition) is 37. The minimum absolute atomic E-state index is 0.224. The molecule has 0 fully saturated rings. The fourth-order valence-corrected chi connectivity index (χ4v) is 12.6. The fourth-order valence-electron chi connectivity index (χ4n) is 12.4. The number of carbonyl (C=O) groups excluding carboxylic acids is 1. The topological polar surface area (TPSA) is 600 Å². The normalized spacial score (nSPS) is 12.7. The quantitative estimate of drug-likeness (QED) is 0.0183. The van der Waals surface area contributed by atoms with Crippen LogP contribution >= 0.6 is 12.2 Å². The van der Waals surface area contributed by atoms with Gasteiger partial charge in [-0.2, -0.15) is 25.6 Å². The van der Waals surface area contributed by atoms with Gasteiger partial charge < -0.3 is 60.1 Å². The van der Waals surface area contributed by atoms with Crippen molar-refractivity contribution in [2.45, 2.75) is 90.6 Å². The maximum atomic E-state index is 10.9. The van der Waals surface area contributed by atoms with Crippen LogP contribution in [0.3, 0.4) is 0 Å². The van der Waals surface area contributed by atoms with Gasteiger partial charge >= 0.3 is 10.8 Å².